The molecule has 0 spiro atoms. The van der Waals surface area contributed by atoms with Crippen LogP contribution in [0, 0.1) is 0 Å². The van der Waals surface area contributed by atoms with Gasteiger partial charge in [-0.15, -0.1) is 0 Å². The predicted octanol–water partition coefficient (Wildman–Crippen LogP) is 3.37. The van der Waals surface area contributed by atoms with E-state index >= 15 is 0 Å². The van der Waals surface area contributed by atoms with E-state index in [0.717, 1.165) is 5.56 Å². The van der Waals surface area contributed by atoms with E-state index in [0.29, 0.717) is 24.2 Å². The van der Waals surface area contributed by atoms with E-state index in [1.165, 1.54) is 0 Å². The molecule has 2 rings (SSSR count). The van der Waals surface area contributed by atoms with Crippen LogP contribution in [0.5, 0.6) is 5.75 Å². The first-order valence-corrected chi connectivity index (χ1v) is 7.31. The third kappa shape index (κ3) is 5.14. The molecule has 0 atom stereocenters. The molecule has 0 aliphatic carbocycles. The van der Waals surface area contributed by atoms with Crippen LogP contribution in [0.1, 0.15) is 34.3 Å². The Morgan fingerprint density at radius 3 is 2.30 bits per heavy atom. The number of aryl methyl sites for hydroxylation is 1. The van der Waals surface area contributed by atoms with Crippen LogP contribution in [0.3, 0.4) is 0 Å². The summed E-state index contributed by atoms with van der Waals surface area (Å²) in [5.74, 6) is -1.12. The van der Waals surface area contributed by atoms with E-state index < -0.39 is 11.9 Å². The maximum absolute atomic E-state index is 11.1. The van der Waals surface area contributed by atoms with Gasteiger partial charge in [-0.3, -0.25) is 4.79 Å². The lowest BCUT2D eigenvalue weighted by atomic mass is 10.1. The summed E-state index contributed by atoms with van der Waals surface area (Å²) in [7, 11) is 0. The maximum atomic E-state index is 11.1. The second kappa shape index (κ2) is 7.98. The van der Waals surface area contributed by atoms with Crippen molar-refractivity contribution in [3.8, 4) is 5.75 Å². The van der Waals surface area contributed by atoms with Gasteiger partial charge in [-0.2, -0.15) is 0 Å². The molecule has 0 saturated heterocycles. The third-order valence-electron chi connectivity index (χ3n) is 3.42. The first-order chi connectivity index (χ1) is 11.1. The summed E-state index contributed by atoms with van der Waals surface area (Å²) in [5.41, 5.74) is 1.90. The molecular formula is C18H18O5. The van der Waals surface area contributed by atoms with Crippen molar-refractivity contribution in [2.75, 3.05) is 0 Å². The van der Waals surface area contributed by atoms with Crippen molar-refractivity contribution in [1.29, 1.82) is 0 Å². The summed E-state index contributed by atoms with van der Waals surface area (Å²) < 4.78 is 5.62. The van der Waals surface area contributed by atoms with Crippen molar-refractivity contribution in [1.82, 2.24) is 0 Å². The Bertz CT molecular complexity index is 676. The number of ether oxygens (including phenoxy) is 1. The van der Waals surface area contributed by atoms with Gasteiger partial charge in [-0.05, 0) is 36.6 Å². The molecule has 0 saturated carbocycles. The number of benzene rings is 2. The lowest BCUT2D eigenvalue weighted by molar-refractivity contribution is -0.137. The maximum Gasteiger partial charge on any atom is 0.336 e. The van der Waals surface area contributed by atoms with Gasteiger partial charge in [0.2, 0.25) is 0 Å². The Kier molecular flexibility index (Phi) is 5.74. The first kappa shape index (κ1) is 16.5. The van der Waals surface area contributed by atoms with Crippen molar-refractivity contribution < 1.29 is 24.5 Å². The van der Waals surface area contributed by atoms with Crippen LogP contribution in [0.15, 0.2) is 48.5 Å². The summed E-state index contributed by atoms with van der Waals surface area (Å²) in [6.07, 6.45) is 1.46. The average molecular weight is 314 g/mol. The molecule has 2 aromatic carbocycles. The lowest BCUT2D eigenvalue weighted by Gasteiger charge is -2.09. The number of aliphatic carboxylic acids is 1. The van der Waals surface area contributed by atoms with Crippen molar-refractivity contribution in [2.24, 2.45) is 0 Å². The Hall–Kier alpha value is -2.82. The van der Waals surface area contributed by atoms with Gasteiger partial charge < -0.3 is 14.9 Å². The number of aromatic carboxylic acids is 1. The first-order valence-electron chi connectivity index (χ1n) is 7.31. The molecular weight excluding hydrogens is 296 g/mol. The summed E-state index contributed by atoms with van der Waals surface area (Å²) in [6.45, 7) is 0.181. The fourth-order valence-electron chi connectivity index (χ4n) is 2.21. The molecule has 0 unspecified atom stereocenters. The number of carboxylic acid groups (broad SMARTS) is 2. The van der Waals surface area contributed by atoms with Gasteiger partial charge in [0.25, 0.3) is 0 Å². The van der Waals surface area contributed by atoms with Gasteiger partial charge >= 0.3 is 11.9 Å². The van der Waals surface area contributed by atoms with Crippen LogP contribution in [-0.4, -0.2) is 22.2 Å². The van der Waals surface area contributed by atoms with Crippen LogP contribution >= 0.6 is 0 Å². The minimum Gasteiger partial charge on any atom is -0.489 e. The highest BCUT2D eigenvalue weighted by Gasteiger charge is 2.09. The SMILES string of the molecule is O=C(O)CCCc1ccc(OCc2ccccc2C(=O)O)cc1. The zero-order chi connectivity index (χ0) is 16.7. The molecule has 0 amide bonds. The van der Waals surface area contributed by atoms with E-state index in [1.54, 1.807) is 36.4 Å². The highest BCUT2D eigenvalue weighted by Crippen LogP contribution is 2.17. The monoisotopic (exact) mass is 314 g/mol. The fourth-order valence-corrected chi connectivity index (χ4v) is 2.21. The Balaban J connectivity index is 1.92. The zero-order valence-corrected chi connectivity index (χ0v) is 12.6. The quantitative estimate of drug-likeness (QED) is 0.780. The second-order valence-corrected chi connectivity index (χ2v) is 5.14. The van der Waals surface area contributed by atoms with Crippen molar-refractivity contribution in [2.45, 2.75) is 25.9 Å². The molecule has 0 heterocycles. The molecule has 0 radical (unpaired) electrons. The van der Waals surface area contributed by atoms with Crippen molar-refractivity contribution >= 4 is 11.9 Å². The zero-order valence-electron chi connectivity index (χ0n) is 12.6. The standard InChI is InChI=1S/C18H18O5/c19-17(20)7-3-4-13-8-10-15(11-9-13)23-12-14-5-1-2-6-16(14)18(21)22/h1-2,5-6,8-11H,3-4,7,12H2,(H,19,20)(H,21,22). The van der Waals surface area contributed by atoms with E-state index in [-0.39, 0.29) is 18.6 Å². The van der Waals surface area contributed by atoms with Crippen LogP contribution in [0.2, 0.25) is 0 Å². The molecule has 5 nitrogen and oxygen atoms in total. The Morgan fingerprint density at radius 1 is 0.957 bits per heavy atom. The van der Waals surface area contributed by atoms with Gasteiger partial charge in [0.05, 0.1) is 5.56 Å². The van der Waals surface area contributed by atoms with Crippen LogP contribution in [-0.2, 0) is 17.8 Å². The molecule has 0 aromatic heterocycles. The number of rotatable bonds is 8. The van der Waals surface area contributed by atoms with Gasteiger partial charge in [-0.1, -0.05) is 30.3 Å². The Labute approximate surface area is 134 Å². The predicted molar refractivity (Wildman–Crippen MR) is 84.7 cm³/mol. The molecule has 0 bridgehead atoms. The van der Waals surface area contributed by atoms with Gasteiger partial charge in [0, 0.05) is 12.0 Å². The highest BCUT2D eigenvalue weighted by atomic mass is 16.5. The number of hydrogen-bond acceptors (Lipinski definition) is 3. The summed E-state index contributed by atoms with van der Waals surface area (Å²) in [4.78, 5) is 21.6. The summed E-state index contributed by atoms with van der Waals surface area (Å²) in [6, 6.07) is 14.1. The van der Waals surface area contributed by atoms with Crippen LogP contribution in [0.25, 0.3) is 0 Å². The van der Waals surface area contributed by atoms with Gasteiger partial charge in [0.15, 0.2) is 0 Å². The minimum atomic E-state index is -0.974. The largest absolute Gasteiger partial charge is 0.489 e. The van der Waals surface area contributed by atoms with Gasteiger partial charge in [0.1, 0.15) is 12.4 Å². The van der Waals surface area contributed by atoms with Gasteiger partial charge in [-0.25, -0.2) is 4.79 Å². The molecule has 2 aromatic rings. The third-order valence-corrected chi connectivity index (χ3v) is 3.42. The van der Waals surface area contributed by atoms with Crippen LogP contribution < -0.4 is 4.74 Å². The second-order valence-electron chi connectivity index (χ2n) is 5.14. The number of carbonyl (C=O) groups is 2. The smallest absolute Gasteiger partial charge is 0.336 e. The number of hydrogen-bond donors (Lipinski definition) is 2. The molecule has 0 aliphatic heterocycles. The van der Waals surface area contributed by atoms with Crippen molar-refractivity contribution in [3.63, 3.8) is 0 Å². The summed E-state index contributed by atoms with van der Waals surface area (Å²) >= 11 is 0. The molecule has 5 heteroatoms. The molecule has 23 heavy (non-hydrogen) atoms. The van der Waals surface area contributed by atoms with E-state index in [2.05, 4.69) is 0 Å². The van der Waals surface area contributed by atoms with E-state index in [1.807, 2.05) is 12.1 Å². The molecule has 0 aliphatic rings. The van der Waals surface area contributed by atoms with E-state index in [9.17, 15) is 9.59 Å². The lowest BCUT2D eigenvalue weighted by Crippen LogP contribution is -2.05. The number of carboxylic acids is 2. The highest BCUT2D eigenvalue weighted by molar-refractivity contribution is 5.89. The molecule has 120 valence electrons. The van der Waals surface area contributed by atoms with E-state index in [4.69, 9.17) is 14.9 Å². The molecule has 0 fully saturated rings. The average Bonchev–Trinajstić information content (AvgIpc) is 2.54. The fraction of sp³-hybridized carbons (Fsp3) is 0.222. The Morgan fingerprint density at radius 2 is 1.65 bits per heavy atom. The summed E-state index contributed by atoms with van der Waals surface area (Å²) in [5, 5.41) is 17.7. The van der Waals surface area contributed by atoms with Crippen LogP contribution in [0.4, 0.5) is 0 Å². The topological polar surface area (TPSA) is 83.8 Å². The normalized spacial score (nSPS) is 10.3. The van der Waals surface area contributed by atoms with Crippen molar-refractivity contribution in [3.05, 3.63) is 65.2 Å². The molecule has 2 N–H and O–H groups in total. The minimum absolute atomic E-state index is 0.157.